The summed E-state index contributed by atoms with van der Waals surface area (Å²) in [6, 6.07) is 3.70. The van der Waals surface area contributed by atoms with Gasteiger partial charge in [0.25, 0.3) is 5.56 Å². The summed E-state index contributed by atoms with van der Waals surface area (Å²) in [4.78, 5) is 19.3. The second kappa shape index (κ2) is 7.74. The molecule has 1 aliphatic rings. The van der Waals surface area contributed by atoms with Crippen LogP contribution in [0.15, 0.2) is 27.8 Å². The summed E-state index contributed by atoms with van der Waals surface area (Å²) in [6.45, 7) is 12.1. The second-order valence-corrected chi connectivity index (χ2v) is 8.48. The Morgan fingerprint density at radius 2 is 1.96 bits per heavy atom. The van der Waals surface area contributed by atoms with Crippen LogP contribution in [0, 0.1) is 12.8 Å². The molecule has 0 amide bonds. The highest BCUT2D eigenvalue weighted by molar-refractivity contribution is 5.10. The molecule has 3 rings (SSSR count). The number of likely N-dealkylation sites (tertiary alicyclic amines) is 1. The monoisotopic (exact) mass is 358 g/mol. The van der Waals surface area contributed by atoms with Gasteiger partial charge in [-0.05, 0) is 38.8 Å². The number of hydrogen-bond donors (Lipinski definition) is 0. The number of aryl methyl sites for hydroxylation is 1. The van der Waals surface area contributed by atoms with Crippen LogP contribution in [-0.2, 0) is 18.4 Å². The zero-order chi connectivity index (χ0) is 18.7. The lowest BCUT2D eigenvalue weighted by molar-refractivity contribution is 0.171. The van der Waals surface area contributed by atoms with Gasteiger partial charge in [-0.25, -0.2) is 4.98 Å². The van der Waals surface area contributed by atoms with Crippen molar-refractivity contribution in [2.24, 2.45) is 5.92 Å². The average Bonchev–Trinajstić information content (AvgIpc) is 3.00. The highest BCUT2D eigenvalue weighted by Crippen LogP contribution is 2.20. The van der Waals surface area contributed by atoms with E-state index in [1.165, 1.54) is 0 Å². The maximum atomic E-state index is 12.4. The molecule has 0 atom stereocenters. The van der Waals surface area contributed by atoms with E-state index < -0.39 is 0 Å². The average molecular weight is 358 g/mol. The molecule has 0 saturated carbocycles. The molecule has 3 heterocycles. The van der Waals surface area contributed by atoms with E-state index in [2.05, 4.69) is 35.8 Å². The predicted octanol–water partition coefficient (Wildman–Crippen LogP) is 2.79. The summed E-state index contributed by atoms with van der Waals surface area (Å²) in [6.07, 6.45) is 4.86. The largest absolute Gasteiger partial charge is 0.361 e. The van der Waals surface area contributed by atoms with Gasteiger partial charge in [0.2, 0.25) is 0 Å². The van der Waals surface area contributed by atoms with Crippen molar-refractivity contribution >= 4 is 0 Å². The minimum Gasteiger partial charge on any atom is -0.361 e. The van der Waals surface area contributed by atoms with E-state index in [1.54, 1.807) is 17.0 Å². The van der Waals surface area contributed by atoms with Crippen molar-refractivity contribution in [1.29, 1.82) is 0 Å². The first kappa shape index (κ1) is 18.8. The van der Waals surface area contributed by atoms with Gasteiger partial charge in [-0.1, -0.05) is 25.9 Å². The third-order valence-electron chi connectivity index (χ3n) is 5.16. The molecule has 1 aliphatic heterocycles. The van der Waals surface area contributed by atoms with E-state index in [0.29, 0.717) is 5.92 Å². The molecule has 0 bridgehead atoms. The minimum atomic E-state index is -0.0916. The van der Waals surface area contributed by atoms with Crippen LogP contribution in [0.25, 0.3) is 0 Å². The van der Waals surface area contributed by atoms with Crippen LogP contribution in [0.1, 0.15) is 50.8 Å². The van der Waals surface area contributed by atoms with Crippen LogP contribution >= 0.6 is 0 Å². The van der Waals surface area contributed by atoms with Crippen LogP contribution in [0.5, 0.6) is 0 Å². The molecule has 0 spiro atoms. The van der Waals surface area contributed by atoms with Crippen molar-refractivity contribution in [1.82, 2.24) is 19.6 Å². The Kier molecular flexibility index (Phi) is 5.61. The van der Waals surface area contributed by atoms with Gasteiger partial charge in [0.05, 0.1) is 17.7 Å². The number of aromatic nitrogens is 3. The van der Waals surface area contributed by atoms with Crippen LogP contribution in [-0.4, -0.2) is 39.2 Å². The molecule has 0 unspecified atom stereocenters. The molecule has 142 valence electrons. The Morgan fingerprint density at radius 3 is 2.54 bits per heavy atom. The quantitative estimate of drug-likeness (QED) is 0.822. The first-order chi connectivity index (χ1) is 12.3. The summed E-state index contributed by atoms with van der Waals surface area (Å²) in [5, 5.41) is 3.94. The van der Waals surface area contributed by atoms with E-state index in [1.807, 2.05) is 13.0 Å². The van der Waals surface area contributed by atoms with Gasteiger partial charge in [-0.2, -0.15) is 0 Å². The number of nitrogens with zero attached hydrogens (tertiary/aromatic N) is 4. The molecule has 2 aromatic heterocycles. The molecule has 6 heteroatoms. The lowest BCUT2D eigenvalue weighted by Gasteiger charge is -2.32. The maximum Gasteiger partial charge on any atom is 0.253 e. The van der Waals surface area contributed by atoms with Crippen LogP contribution < -0.4 is 5.56 Å². The molecule has 1 saturated heterocycles. The van der Waals surface area contributed by atoms with Crippen molar-refractivity contribution in [2.75, 3.05) is 19.6 Å². The third-order valence-corrected chi connectivity index (χ3v) is 5.16. The first-order valence-corrected chi connectivity index (χ1v) is 9.53. The van der Waals surface area contributed by atoms with E-state index in [0.717, 1.165) is 62.6 Å². The Hall–Kier alpha value is -1.95. The highest BCUT2D eigenvalue weighted by atomic mass is 16.5. The maximum absolute atomic E-state index is 12.4. The summed E-state index contributed by atoms with van der Waals surface area (Å²) in [7, 11) is 0. The highest BCUT2D eigenvalue weighted by Gasteiger charge is 2.21. The van der Waals surface area contributed by atoms with E-state index in [-0.39, 0.29) is 11.0 Å². The molecule has 6 nitrogen and oxygen atoms in total. The van der Waals surface area contributed by atoms with Gasteiger partial charge >= 0.3 is 0 Å². The first-order valence-electron chi connectivity index (χ1n) is 9.53. The van der Waals surface area contributed by atoms with Crippen molar-refractivity contribution in [3.8, 4) is 0 Å². The molecule has 2 aromatic rings. The minimum absolute atomic E-state index is 0.0630. The smallest absolute Gasteiger partial charge is 0.253 e. The van der Waals surface area contributed by atoms with Crippen LogP contribution in [0.2, 0.25) is 0 Å². The zero-order valence-electron chi connectivity index (χ0n) is 16.4. The fourth-order valence-corrected chi connectivity index (χ4v) is 3.45. The number of rotatable bonds is 5. The SMILES string of the molecule is Cc1cc(CCN2CCC(Cn3cnc(C(C)(C)C)cc3=O)CC2)on1. The van der Waals surface area contributed by atoms with Crippen LogP contribution in [0.4, 0.5) is 0 Å². The topological polar surface area (TPSA) is 64.2 Å². The van der Waals surface area contributed by atoms with Gasteiger partial charge in [0, 0.05) is 37.1 Å². The summed E-state index contributed by atoms with van der Waals surface area (Å²) >= 11 is 0. The molecule has 0 aromatic carbocycles. The van der Waals surface area contributed by atoms with Gasteiger partial charge < -0.3 is 9.42 Å². The van der Waals surface area contributed by atoms with Gasteiger partial charge in [-0.15, -0.1) is 0 Å². The van der Waals surface area contributed by atoms with Crippen molar-refractivity contribution in [3.63, 3.8) is 0 Å². The fraction of sp³-hybridized carbons (Fsp3) is 0.650. The summed E-state index contributed by atoms with van der Waals surface area (Å²) in [5.41, 5.74) is 1.77. The standard InChI is InChI=1S/C20H30N4O2/c1-15-11-17(26-22-15)7-10-23-8-5-16(6-9-23)13-24-14-21-18(12-19(24)25)20(2,3)4/h11-12,14,16H,5-10,13H2,1-4H3. The van der Waals surface area contributed by atoms with E-state index in [4.69, 9.17) is 4.52 Å². The van der Waals surface area contributed by atoms with Gasteiger partial charge in [0.1, 0.15) is 5.76 Å². The van der Waals surface area contributed by atoms with Crippen molar-refractivity contribution < 1.29 is 4.52 Å². The fourth-order valence-electron chi connectivity index (χ4n) is 3.45. The lowest BCUT2D eigenvalue weighted by atomic mass is 9.92. The molecule has 0 radical (unpaired) electrons. The third kappa shape index (κ3) is 4.81. The van der Waals surface area contributed by atoms with E-state index in [9.17, 15) is 4.79 Å². The van der Waals surface area contributed by atoms with E-state index >= 15 is 0 Å². The van der Waals surface area contributed by atoms with Crippen LogP contribution in [0.3, 0.4) is 0 Å². The Labute approximate surface area is 155 Å². The zero-order valence-corrected chi connectivity index (χ0v) is 16.4. The van der Waals surface area contributed by atoms with Gasteiger partial charge in [-0.3, -0.25) is 9.36 Å². The summed E-state index contributed by atoms with van der Waals surface area (Å²) < 4.78 is 7.05. The van der Waals surface area contributed by atoms with Gasteiger partial charge in [0.15, 0.2) is 0 Å². The molecule has 0 N–H and O–H groups in total. The molecule has 0 aliphatic carbocycles. The predicted molar refractivity (Wildman–Crippen MR) is 101 cm³/mol. The molecular formula is C20H30N4O2. The Bertz CT molecular complexity index is 780. The Balaban J connectivity index is 1.49. The lowest BCUT2D eigenvalue weighted by Crippen LogP contribution is -2.37. The molecule has 26 heavy (non-hydrogen) atoms. The second-order valence-electron chi connectivity index (χ2n) is 8.48. The van der Waals surface area contributed by atoms with Crippen molar-refractivity contribution in [2.45, 2.75) is 58.9 Å². The summed E-state index contributed by atoms with van der Waals surface area (Å²) in [5.74, 6) is 1.50. The molecule has 1 fully saturated rings. The molecular weight excluding hydrogens is 328 g/mol. The number of piperidine rings is 1. The van der Waals surface area contributed by atoms with Crippen molar-refractivity contribution in [3.05, 3.63) is 46.0 Å². The normalized spacial score (nSPS) is 16.9. The Morgan fingerprint density at radius 1 is 1.23 bits per heavy atom. The number of hydrogen-bond acceptors (Lipinski definition) is 5.